The molecule has 0 spiro atoms. The van der Waals surface area contributed by atoms with E-state index in [1.165, 1.54) is 92.6 Å². The molecule has 13 heteroatoms. The van der Waals surface area contributed by atoms with Gasteiger partial charge in [0.15, 0.2) is 24.1 Å². The first-order valence-corrected chi connectivity index (χ1v) is 23.0. The third-order valence-electron chi connectivity index (χ3n) is 15.8. The van der Waals surface area contributed by atoms with Gasteiger partial charge in [-0.25, -0.2) is 0 Å². The Morgan fingerprint density at radius 3 is 2.03 bits per heavy atom. The highest BCUT2D eigenvalue weighted by molar-refractivity contribution is 5.69. The summed E-state index contributed by atoms with van der Waals surface area (Å²) in [7, 11) is 1.48. The predicted molar refractivity (Wildman–Crippen MR) is 223 cm³/mol. The van der Waals surface area contributed by atoms with Crippen molar-refractivity contribution in [2.24, 2.45) is 52.3 Å². The smallest absolute Gasteiger partial charge is 0.303 e. The second kappa shape index (κ2) is 20.2. The fraction of sp³-hybridized carbons (Fsp3) is 0.894. The predicted octanol–water partition coefficient (Wildman–Crippen LogP) is 7.49. The van der Waals surface area contributed by atoms with Crippen LogP contribution in [0.2, 0.25) is 0 Å². The Bertz CT molecular complexity index is 1520. The largest absolute Gasteiger partial charge is 0.462 e. The molecule has 4 aliphatic carbocycles. The van der Waals surface area contributed by atoms with Crippen molar-refractivity contribution in [1.29, 1.82) is 0 Å². The van der Waals surface area contributed by atoms with Gasteiger partial charge in [-0.05, 0) is 110 Å². The van der Waals surface area contributed by atoms with E-state index in [-0.39, 0.29) is 24.4 Å². The molecule has 0 aromatic rings. The van der Waals surface area contributed by atoms with Gasteiger partial charge >= 0.3 is 29.8 Å². The number of hydrogen-bond donors (Lipinski definition) is 1. The zero-order chi connectivity index (χ0) is 44.2. The van der Waals surface area contributed by atoms with Crippen molar-refractivity contribution >= 4 is 29.8 Å². The van der Waals surface area contributed by atoms with Gasteiger partial charge in [-0.1, -0.05) is 53.9 Å². The molecule has 0 bridgehead atoms. The van der Waals surface area contributed by atoms with Crippen LogP contribution in [0, 0.1) is 52.3 Å². The summed E-state index contributed by atoms with van der Waals surface area (Å²) in [6.07, 6.45) is 8.55. The second-order valence-electron chi connectivity index (χ2n) is 20.2. The lowest BCUT2D eigenvalue weighted by Crippen LogP contribution is -2.66. The van der Waals surface area contributed by atoms with E-state index in [2.05, 4.69) is 39.9 Å². The van der Waals surface area contributed by atoms with Crippen LogP contribution in [0.15, 0.2) is 0 Å². The highest BCUT2D eigenvalue weighted by Crippen LogP contribution is 2.68. The van der Waals surface area contributed by atoms with Crippen LogP contribution < -0.4 is 5.32 Å². The number of hydrogen-bond acceptors (Lipinski definition) is 13. The molecule has 4 saturated carbocycles. The molecule has 60 heavy (non-hydrogen) atoms. The first-order chi connectivity index (χ1) is 28.2. The van der Waals surface area contributed by atoms with Gasteiger partial charge in [0.25, 0.3) is 0 Å². The molecule has 1 aliphatic heterocycles. The molecule has 1 N–H and O–H groups in total. The quantitative estimate of drug-likeness (QED) is 0.113. The summed E-state index contributed by atoms with van der Waals surface area (Å²) in [5.41, 5.74) is 0.746. The molecular weight excluding hydrogens is 771 g/mol. The second-order valence-corrected chi connectivity index (χ2v) is 20.2. The van der Waals surface area contributed by atoms with Gasteiger partial charge in [-0.3, -0.25) is 24.0 Å². The average molecular weight is 848 g/mol. The highest BCUT2D eigenvalue weighted by atomic mass is 16.7. The summed E-state index contributed by atoms with van der Waals surface area (Å²) in [4.78, 5) is 61.9. The topological polar surface area (TPSA) is 162 Å². The molecule has 0 amide bonds. The van der Waals surface area contributed by atoms with E-state index in [9.17, 15) is 24.0 Å². The Morgan fingerprint density at radius 1 is 0.750 bits per heavy atom. The third kappa shape index (κ3) is 11.1. The zero-order valence-electron chi connectivity index (χ0n) is 38.5. The van der Waals surface area contributed by atoms with Crippen molar-refractivity contribution in [2.75, 3.05) is 20.3 Å². The maximum atomic E-state index is 12.6. The van der Waals surface area contributed by atoms with Crippen molar-refractivity contribution in [3.8, 4) is 0 Å². The number of carbonyl (C=O) groups excluding carboxylic acids is 5. The van der Waals surface area contributed by atoms with Crippen LogP contribution in [0.5, 0.6) is 0 Å². The number of esters is 5. The molecule has 1 unspecified atom stereocenters. The summed E-state index contributed by atoms with van der Waals surface area (Å²) in [6.45, 7) is 18.1. The van der Waals surface area contributed by atoms with Crippen molar-refractivity contribution in [3.63, 3.8) is 0 Å². The Balaban J connectivity index is 1.32. The maximum Gasteiger partial charge on any atom is 0.303 e. The molecular formula is C47H77NO12. The molecule has 1 saturated heterocycles. The first kappa shape index (κ1) is 48.3. The van der Waals surface area contributed by atoms with E-state index >= 15 is 0 Å². The molecule has 5 fully saturated rings. The molecule has 0 aromatic carbocycles. The lowest BCUT2D eigenvalue weighted by molar-refractivity contribution is -0.330. The van der Waals surface area contributed by atoms with E-state index in [0.29, 0.717) is 11.3 Å². The van der Waals surface area contributed by atoms with E-state index in [4.69, 9.17) is 33.2 Å². The van der Waals surface area contributed by atoms with Crippen LogP contribution in [0.3, 0.4) is 0 Å². The Labute approximate surface area is 359 Å². The fourth-order valence-electron chi connectivity index (χ4n) is 13.1. The van der Waals surface area contributed by atoms with Gasteiger partial charge in [0.2, 0.25) is 0 Å². The van der Waals surface area contributed by atoms with Crippen LogP contribution in [0.25, 0.3) is 0 Å². The van der Waals surface area contributed by atoms with Crippen molar-refractivity contribution in [3.05, 3.63) is 0 Å². The van der Waals surface area contributed by atoms with Gasteiger partial charge in [-0.15, -0.1) is 0 Å². The third-order valence-corrected chi connectivity index (χ3v) is 15.8. The van der Waals surface area contributed by atoms with E-state index in [1.807, 2.05) is 0 Å². The van der Waals surface area contributed by atoms with Crippen molar-refractivity contribution < 1.29 is 57.1 Å². The van der Waals surface area contributed by atoms with E-state index in [0.717, 1.165) is 61.7 Å². The minimum absolute atomic E-state index is 0.0192. The summed E-state index contributed by atoms with van der Waals surface area (Å²) >= 11 is 0. The highest BCUT2D eigenvalue weighted by Gasteiger charge is 2.61. The first-order valence-electron chi connectivity index (χ1n) is 23.0. The summed E-state index contributed by atoms with van der Waals surface area (Å²) in [6, 6.07) is 0.172. The number of methoxy groups -OCH3 is 1. The van der Waals surface area contributed by atoms with Gasteiger partial charge in [0.1, 0.15) is 18.8 Å². The van der Waals surface area contributed by atoms with Crippen LogP contribution in [0.1, 0.15) is 153 Å². The molecule has 15 atom stereocenters. The van der Waals surface area contributed by atoms with Crippen molar-refractivity contribution in [2.45, 2.75) is 195 Å². The maximum absolute atomic E-state index is 12.6. The summed E-state index contributed by atoms with van der Waals surface area (Å²) < 4.78 is 40.8. The SMILES string of the molecule is CO[C@@]1(CN[C@@H]2CC[C@@]3(C)C(CC[C@H]4[C@@H]5CC[C@H]([C@H](C)CCCC(C)C)[C@@]5(C)CC[C@@H]43)C2)C[C@H](OC(C)=O)[C@@H](OC(C)=O)[C@H]([C@H](OC(C)=O)[C@H](COC(C)=O)OC(C)=O)O1. The van der Waals surface area contributed by atoms with Crippen LogP contribution in [-0.2, 0) is 57.1 Å². The van der Waals surface area contributed by atoms with E-state index in [1.54, 1.807) is 0 Å². The van der Waals surface area contributed by atoms with Crippen LogP contribution in [-0.4, -0.2) is 92.5 Å². The normalized spacial score (nSPS) is 37.6. The standard InChI is InChI=1S/C47H77NO12/c1-27(2)13-12-14-28(3)37-17-18-38-36-16-15-34-23-35(19-21-45(34,9)39(36)20-22-46(37,38)10)48-26-47(54-11)24-40(56-30(5)50)42(58-32(7)52)44(60-47)43(59-33(8)53)41(57-31(6)51)25-55-29(4)49/h27-28,34-44,48H,12-26H2,1-11H3/t28-,34?,35-,36+,37-,38+,39+,40+,41+,42-,43-,44-,45+,46-,47+/m1/s1. The van der Waals surface area contributed by atoms with Gasteiger partial charge in [-0.2, -0.15) is 0 Å². The molecule has 1 heterocycles. The molecule has 0 radical (unpaired) electrons. The van der Waals surface area contributed by atoms with Gasteiger partial charge in [0.05, 0.1) is 6.54 Å². The van der Waals surface area contributed by atoms with Crippen molar-refractivity contribution in [1.82, 2.24) is 5.32 Å². The van der Waals surface area contributed by atoms with Crippen LogP contribution >= 0.6 is 0 Å². The Morgan fingerprint density at radius 2 is 1.42 bits per heavy atom. The molecule has 0 aromatic heterocycles. The number of carbonyl (C=O) groups is 5. The molecule has 13 nitrogen and oxygen atoms in total. The number of fused-ring (bicyclic) bond motifs is 5. The lowest BCUT2D eigenvalue weighted by Gasteiger charge is -2.61. The number of rotatable bonds is 17. The molecule has 5 aliphatic rings. The van der Waals surface area contributed by atoms with E-state index < -0.39 is 72.8 Å². The fourth-order valence-corrected chi connectivity index (χ4v) is 13.1. The van der Waals surface area contributed by atoms with Gasteiger partial charge < -0.3 is 38.5 Å². The Hall–Kier alpha value is -2.77. The minimum Gasteiger partial charge on any atom is -0.462 e. The summed E-state index contributed by atoms with van der Waals surface area (Å²) in [5, 5.41) is 3.76. The zero-order valence-corrected chi connectivity index (χ0v) is 38.5. The van der Waals surface area contributed by atoms with Gasteiger partial charge in [0, 0.05) is 54.2 Å². The number of ether oxygens (including phenoxy) is 7. The lowest BCUT2D eigenvalue weighted by atomic mass is 9.44. The van der Waals surface area contributed by atoms with Crippen LogP contribution in [0.4, 0.5) is 0 Å². The molecule has 5 rings (SSSR count). The minimum atomic E-state index is -1.46. The monoisotopic (exact) mass is 848 g/mol. The summed E-state index contributed by atoms with van der Waals surface area (Å²) in [5.74, 6) is 0.406. The number of nitrogens with one attached hydrogen (secondary N) is 1. The molecule has 342 valence electrons. The average Bonchev–Trinajstić information content (AvgIpc) is 3.52. The Kier molecular flexibility index (Phi) is 16.2.